The van der Waals surface area contributed by atoms with Gasteiger partial charge in [-0.1, -0.05) is 37.3 Å². The quantitative estimate of drug-likeness (QED) is 0.538. The Labute approximate surface area is 198 Å². The van der Waals surface area contributed by atoms with Crippen LogP contribution < -0.4 is 10.2 Å². The molecular weight excluding hydrogens is 444 g/mol. The maximum atomic E-state index is 13.8. The number of hydrogen-bond donors (Lipinski definition) is 1. The number of fused-ring (bicyclic) bond motifs is 1. The van der Waals surface area contributed by atoms with Gasteiger partial charge in [0.2, 0.25) is 5.91 Å². The Morgan fingerprint density at radius 1 is 1.18 bits per heavy atom. The van der Waals surface area contributed by atoms with Gasteiger partial charge in [-0.3, -0.25) is 19.2 Å². The van der Waals surface area contributed by atoms with E-state index in [9.17, 15) is 14.4 Å². The first-order valence-corrected chi connectivity index (χ1v) is 11.7. The van der Waals surface area contributed by atoms with E-state index < -0.39 is 17.4 Å². The van der Waals surface area contributed by atoms with E-state index in [4.69, 9.17) is 16.3 Å². The molecule has 4 rings (SSSR count). The highest BCUT2D eigenvalue weighted by atomic mass is 35.5. The zero-order valence-corrected chi connectivity index (χ0v) is 19.9. The third kappa shape index (κ3) is 4.36. The zero-order chi connectivity index (χ0) is 23.8. The van der Waals surface area contributed by atoms with Crippen LogP contribution in [0.3, 0.4) is 0 Å². The van der Waals surface area contributed by atoms with Crippen molar-refractivity contribution in [3.8, 4) is 0 Å². The van der Waals surface area contributed by atoms with E-state index in [0.717, 1.165) is 31.2 Å². The smallest absolute Gasteiger partial charge is 0.358 e. The van der Waals surface area contributed by atoms with Crippen molar-refractivity contribution < 1.29 is 19.1 Å². The summed E-state index contributed by atoms with van der Waals surface area (Å²) in [6.07, 6.45) is 6.35. The standard InChI is InChI=1S/C24H29ClN4O4/c1-15-12-16(25)10-11-19(15)29-21(30)20-13-18(22(31)33-3)27-28(20)14-24(29,2)23(32)26-17-8-6-4-5-7-9-17/h10-13,17H,4-9,14H2,1-3H3,(H,26,32)/t24-/m0/s1. The van der Waals surface area contributed by atoms with Gasteiger partial charge in [0.15, 0.2) is 5.69 Å². The van der Waals surface area contributed by atoms with Crippen molar-refractivity contribution in [2.75, 3.05) is 12.0 Å². The van der Waals surface area contributed by atoms with Gasteiger partial charge >= 0.3 is 5.97 Å². The number of ether oxygens (including phenoxy) is 1. The predicted molar refractivity (Wildman–Crippen MR) is 125 cm³/mol. The minimum atomic E-state index is -1.26. The van der Waals surface area contributed by atoms with E-state index in [-0.39, 0.29) is 29.9 Å². The molecule has 176 valence electrons. The number of aryl methyl sites for hydroxylation is 1. The number of halogens is 1. The molecule has 33 heavy (non-hydrogen) atoms. The van der Waals surface area contributed by atoms with E-state index in [0.29, 0.717) is 10.7 Å². The van der Waals surface area contributed by atoms with Crippen LogP contribution in [0.25, 0.3) is 0 Å². The molecule has 2 amide bonds. The molecule has 2 aromatic rings. The van der Waals surface area contributed by atoms with Crippen LogP contribution in [-0.2, 0) is 16.1 Å². The fourth-order valence-electron chi connectivity index (χ4n) is 4.80. The first-order valence-electron chi connectivity index (χ1n) is 11.3. The van der Waals surface area contributed by atoms with Crippen molar-refractivity contribution >= 4 is 35.1 Å². The average Bonchev–Trinajstić information content (AvgIpc) is 3.03. The van der Waals surface area contributed by atoms with Gasteiger partial charge < -0.3 is 10.1 Å². The fourth-order valence-corrected chi connectivity index (χ4v) is 5.02. The summed E-state index contributed by atoms with van der Waals surface area (Å²) in [5, 5.41) is 8.01. The summed E-state index contributed by atoms with van der Waals surface area (Å²) in [6.45, 7) is 3.70. The van der Waals surface area contributed by atoms with Gasteiger partial charge in [-0.05, 0) is 50.5 Å². The maximum absolute atomic E-state index is 13.8. The Kier molecular flexibility index (Phi) is 6.47. The average molecular weight is 473 g/mol. The zero-order valence-electron chi connectivity index (χ0n) is 19.2. The van der Waals surface area contributed by atoms with Crippen LogP contribution in [0.1, 0.15) is 72.0 Å². The summed E-state index contributed by atoms with van der Waals surface area (Å²) >= 11 is 6.16. The summed E-state index contributed by atoms with van der Waals surface area (Å²) in [5.74, 6) is -1.28. The van der Waals surface area contributed by atoms with Crippen molar-refractivity contribution in [3.05, 3.63) is 46.2 Å². The highest BCUT2D eigenvalue weighted by Crippen LogP contribution is 2.36. The lowest BCUT2D eigenvalue weighted by Crippen LogP contribution is -2.65. The van der Waals surface area contributed by atoms with Gasteiger partial charge in [-0.15, -0.1) is 0 Å². The number of benzene rings is 1. The van der Waals surface area contributed by atoms with E-state index in [1.807, 2.05) is 6.92 Å². The number of amides is 2. The molecule has 0 bridgehead atoms. The van der Waals surface area contributed by atoms with Crippen molar-refractivity contribution in [1.29, 1.82) is 0 Å². The Hall–Kier alpha value is -2.87. The van der Waals surface area contributed by atoms with Crippen LogP contribution >= 0.6 is 11.6 Å². The number of anilines is 1. The van der Waals surface area contributed by atoms with Crippen LogP contribution in [0.5, 0.6) is 0 Å². The lowest BCUT2D eigenvalue weighted by molar-refractivity contribution is -0.127. The first kappa shape index (κ1) is 23.3. The molecule has 0 unspecified atom stereocenters. The molecule has 1 aromatic heterocycles. The van der Waals surface area contributed by atoms with Gasteiger partial charge in [0.1, 0.15) is 11.2 Å². The molecule has 1 aliphatic heterocycles. The molecule has 1 aromatic carbocycles. The maximum Gasteiger partial charge on any atom is 0.358 e. The number of carbonyl (C=O) groups is 3. The number of carbonyl (C=O) groups excluding carboxylic acids is 3. The number of esters is 1. The highest BCUT2D eigenvalue weighted by Gasteiger charge is 2.50. The van der Waals surface area contributed by atoms with E-state index in [1.54, 1.807) is 25.1 Å². The van der Waals surface area contributed by atoms with Gasteiger partial charge in [0.05, 0.1) is 13.7 Å². The third-order valence-corrected chi connectivity index (χ3v) is 6.86. The van der Waals surface area contributed by atoms with Crippen LogP contribution in [0.2, 0.25) is 5.02 Å². The number of hydrogen-bond acceptors (Lipinski definition) is 5. The van der Waals surface area contributed by atoms with Crippen molar-refractivity contribution in [3.63, 3.8) is 0 Å². The van der Waals surface area contributed by atoms with Gasteiger partial charge in [0, 0.05) is 22.8 Å². The molecule has 8 nitrogen and oxygen atoms in total. The Morgan fingerprint density at radius 3 is 2.52 bits per heavy atom. The Balaban J connectivity index is 1.77. The molecule has 9 heteroatoms. The largest absolute Gasteiger partial charge is 0.464 e. The molecule has 1 aliphatic carbocycles. The summed E-state index contributed by atoms with van der Waals surface area (Å²) in [4.78, 5) is 41.1. The monoisotopic (exact) mass is 472 g/mol. The summed E-state index contributed by atoms with van der Waals surface area (Å²) in [7, 11) is 1.26. The number of rotatable bonds is 4. The Morgan fingerprint density at radius 2 is 1.88 bits per heavy atom. The van der Waals surface area contributed by atoms with Crippen LogP contribution in [0.15, 0.2) is 24.3 Å². The molecule has 0 radical (unpaired) electrons. The van der Waals surface area contributed by atoms with Crippen LogP contribution in [0, 0.1) is 6.92 Å². The molecular formula is C24H29ClN4O4. The lowest BCUT2D eigenvalue weighted by atomic mass is 9.92. The van der Waals surface area contributed by atoms with E-state index in [2.05, 4.69) is 10.4 Å². The second-order valence-electron chi connectivity index (χ2n) is 9.07. The number of methoxy groups -OCH3 is 1. The molecule has 1 saturated carbocycles. The third-order valence-electron chi connectivity index (χ3n) is 6.63. The van der Waals surface area contributed by atoms with Crippen molar-refractivity contribution in [1.82, 2.24) is 15.1 Å². The second kappa shape index (κ2) is 9.17. The van der Waals surface area contributed by atoms with Gasteiger partial charge in [0.25, 0.3) is 5.91 Å². The highest BCUT2D eigenvalue weighted by molar-refractivity contribution is 6.30. The van der Waals surface area contributed by atoms with Gasteiger partial charge in [-0.25, -0.2) is 4.79 Å². The molecule has 2 heterocycles. The molecule has 1 atom stereocenters. The molecule has 0 spiro atoms. The summed E-state index contributed by atoms with van der Waals surface area (Å²) in [5.41, 5.74) is 0.362. The fraction of sp³-hybridized carbons (Fsp3) is 0.500. The van der Waals surface area contributed by atoms with E-state index >= 15 is 0 Å². The SMILES string of the molecule is COC(=O)c1cc2n(n1)C[C@@](C)(C(=O)NC1CCCCCC1)N(c1ccc(Cl)cc1C)C2=O. The second-order valence-corrected chi connectivity index (χ2v) is 9.51. The summed E-state index contributed by atoms with van der Waals surface area (Å²) < 4.78 is 6.20. The lowest BCUT2D eigenvalue weighted by Gasteiger charge is -2.44. The number of nitrogens with zero attached hydrogens (tertiary/aromatic N) is 3. The molecule has 1 fully saturated rings. The van der Waals surface area contributed by atoms with E-state index in [1.165, 1.54) is 35.6 Å². The first-order chi connectivity index (χ1) is 15.7. The minimum absolute atomic E-state index is 0.0297. The number of aromatic nitrogens is 2. The Bertz CT molecular complexity index is 1090. The van der Waals surface area contributed by atoms with Crippen molar-refractivity contribution in [2.24, 2.45) is 0 Å². The topological polar surface area (TPSA) is 93.5 Å². The van der Waals surface area contributed by atoms with Gasteiger partial charge in [-0.2, -0.15) is 5.10 Å². The molecule has 2 aliphatic rings. The predicted octanol–water partition coefficient (Wildman–Crippen LogP) is 3.89. The summed E-state index contributed by atoms with van der Waals surface area (Å²) in [6, 6.07) is 6.70. The normalized spacial score (nSPS) is 21.3. The molecule has 0 saturated heterocycles. The van der Waals surface area contributed by atoms with Crippen LogP contribution in [0.4, 0.5) is 5.69 Å². The molecule has 1 N–H and O–H groups in total. The number of nitrogens with one attached hydrogen (secondary N) is 1. The van der Waals surface area contributed by atoms with Crippen LogP contribution in [-0.4, -0.2) is 46.3 Å². The van der Waals surface area contributed by atoms with Crippen molar-refractivity contribution in [2.45, 2.75) is 70.5 Å². The minimum Gasteiger partial charge on any atom is -0.464 e.